The van der Waals surface area contributed by atoms with Crippen LogP contribution in [0.5, 0.6) is 0 Å². The fraction of sp³-hybridized carbons (Fsp3) is 0.483. The predicted molar refractivity (Wildman–Crippen MR) is 142 cm³/mol. The van der Waals surface area contributed by atoms with Crippen molar-refractivity contribution in [1.82, 2.24) is 10.2 Å². The third-order valence-corrected chi connectivity index (χ3v) is 6.43. The fourth-order valence-electron chi connectivity index (χ4n) is 4.38. The molecule has 2 N–H and O–H groups in total. The Morgan fingerprint density at radius 2 is 1.80 bits per heavy atom. The Hall–Kier alpha value is -4.08. The SMILES string of the molecule is C[C@H](c1ccccc1)C1CCCCN1C(=O)OC[n+]1cccc(C(=O)N[C@@H](COC(C)(C)C)C(=O)O)c1.O=C=O. The van der Waals surface area contributed by atoms with Crippen molar-refractivity contribution >= 4 is 24.1 Å². The maximum Gasteiger partial charge on any atom is 0.414 e. The first-order valence-electron chi connectivity index (χ1n) is 13.1. The second-order valence-corrected chi connectivity index (χ2v) is 10.5. The van der Waals surface area contributed by atoms with Gasteiger partial charge < -0.3 is 24.8 Å². The first-order valence-corrected chi connectivity index (χ1v) is 13.1. The van der Waals surface area contributed by atoms with Gasteiger partial charge in [0.1, 0.15) is 5.56 Å². The van der Waals surface area contributed by atoms with E-state index >= 15 is 0 Å². The number of likely N-dealkylation sites (tertiary alicyclic amines) is 1. The Morgan fingerprint density at radius 3 is 2.42 bits per heavy atom. The fourth-order valence-corrected chi connectivity index (χ4v) is 4.38. The minimum Gasteiger partial charge on any atom is -0.480 e. The van der Waals surface area contributed by atoms with Crippen molar-refractivity contribution in [3.05, 3.63) is 66.0 Å². The highest BCUT2D eigenvalue weighted by Gasteiger charge is 2.33. The molecule has 0 bridgehead atoms. The highest BCUT2D eigenvalue weighted by Crippen LogP contribution is 2.30. The van der Waals surface area contributed by atoms with Crippen LogP contribution in [0.25, 0.3) is 0 Å². The van der Waals surface area contributed by atoms with E-state index in [9.17, 15) is 19.5 Å². The van der Waals surface area contributed by atoms with Gasteiger partial charge in [0.25, 0.3) is 12.6 Å². The molecule has 216 valence electrons. The summed E-state index contributed by atoms with van der Waals surface area (Å²) in [5.74, 6) is -1.56. The molecular weight excluding hydrogens is 518 g/mol. The molecule has 0 spiro atoms. The lowest BCUT2D eigenvalue weighted by Gasteiger charge is -2.38. The van der Waals surface area contributed by atoms with Gasteiger partial charge in [-0.2, -0.15) is 14.2 Å². The first-order chi connectivity index (χ1) is 19.0. The minimum atomic E-state index is -1.19. The molecule has 2 amide bonds. The van der Waals surface area contributed by atoms with Gasteiger partial charge in [-0.05, 0) is 51.7 Å². The third kappa shape index (κ3) is 10.2. The van der Waals surface area contributed by atoms with Gasteiger partial charge in [-0.1, -0.05) is 37.3 Å². The number of pyridine rings is 1. The molecule has 1 aliphatic rings. The van der Waals surface area contributed by atoms with Gasteiger partial charge in [0.2, 0.25) is 0 Å². The van der Waals surface area contributed by atoms with Crippen molar-refractivity contribution in [3.63, 3.8) is 0 Å². The summed E-state index contributed by atoms with van der Waals surface area (Å²) in [6, 6.07) is 12.2. The number of carbonyl (C=O) groups is 3. The predicted octanol–water partition coefficient (Wildman–Crippen LogP) is 3.14. The Kier molecular flexibility index (Phi) is 12.4. The van der Waals surface area contributed by atoms with Crippen LogP contribution in [0.1, 0.15) is 68.8 Å². The normalized spacial score (nSPS) is 16.4. The number of nitrogens with one attached hydrogen (secondary N) is 1. The van der Waals surface area contributed by atoms with Gasteiger partial charge in [0.05, 0.1) is 12.2 Å². The summed E-state index contributed by atoms with van der Waals surface area (Å²) >= 11 is 0. The van der Waals surface area contributed by atoms with Gasteiger partial charge >= 0.3 is 18.2 Å². The van der Waals surface area contributed by atoms with Crippen molar-refractivity contribution in [2.75, 3.05) is 13.2 Å². The molecule has 11 nitrogen and oxygen atoms in total. The number of hydrogen-bond acceptors (Lipinski definition) is 7. The lowest BCUT2D eigenvalue weighted by atomic mass is 9.87. The molecule has 3 rings (SSSR count). The number of piperidine rings is 1. The number of carboxylic acid groups (broad SMARTS) is 1. The molecule has 0 aliphatic carbocycles. The highest BCUT2D eigenvalue weighted by molar-refractivity contribution is 5.96. The van der Waals surface area contributed by atoms with E-state index in [2.05, 4.69) is 24.4 Å². The molecule has 0 radical (unpaired) electrons. The molecule has 3 atom stereocenters. The molecule has 11 heteroatoms. The Bertz CT molecular complexity index is 1160. The molecule has 40 heavy (non-hydrogen) atoms. The van der Waals surface area contributed by atoms with E-state index in [0.29, 0.717) is 6.54 Å². The number of carbonyl (C=O) groups excluding carboxylic acids is 4. The summed E-state index contributed by atoms with van der Waals surface area (Å²) in [5.41, 5.74) is 0.895. The maximum absolute atomic E-state index is 13.0. The molecular formula is C29H38N3O8+. The lowest BCUT2D eigenvalue weighted by molar-refractivity contribution is -0.727. The number of nitrogens with zero attached hydrogens (tertiary/aromatic N) is 2. The second-order valence-electron chi connectivity index (χ2n) is 10.5. The highest BCUT2D eigenvalue weighted by atomic mass is 16.6. The number of aromatic nitrogens is 1. The quantitative estimate of drug-likeness (QED) is 0.449. The van der Waals surface area contributed by atoms with E-state index in [-0.39, 0.29) is 43.1 Å². The third-order valence-electron chi connectivity index (χ3n) is 6.43. The molecule has 2 heterocycles. The van der Waals surface area contributed by atoms with Gasteiger partial charge in [-0.25, -0.2) is 9.59 Å². The average Bonchev–Trinajstić information content (AvgIpc) is 2.94. The van der Waals surface area contributed by atoms with E-state index in [4.69, 9.17) is 19.1 Å². The van der Waals surface area contributed by atoms with Gasteiger partial charge in [0.15, 0.2) is 18.4 Å². The zero-order valence-electron chi connectivity index (χ0n) is 23.4. The van der Waals surface area contributed by atoms with Crippen LogP contribution in [0.15, 0.2) is 54.9 Å². The lowest BCUT2D eigenvalue weighted by Crippen LogP contribution is -2.48. The van der Waals surface area contributed by atoms with Crippen molar-refractivity contribution in [3.8, 4) is 0 Å². The monoisotopic (exact) mass is 556 g/mol. The van der Waals surface area contributed by atoms with Crippen LogP contribution in [-0.4, -0.2) is 65.0 Å². The first kappa shape index (κ1) is 32.1. The smallest absolute Gasteiger partial charge is 0.414 e. The zero-order chi connectivity index (χ0) is 29.7. The summed E-state index contributed by atoms with van der Waals surface area (Å²) in [5, 5.41) is 12.0. The summed E-state index contributed by atoms with van der Waals surface area (Å²) in [6.45, 7) is 7.98. The molecule has 2 aromatic rings. The van der Waals surface area contributed by atoms with E-state index < -0.39 is 23.5 Å². The number of carboxylic acids is 1. The topological polar surface area (TPSA) is 143 Å². The van der Waals surface area contributed by atoms with Crippen molar-refractivity contribution in [2.45, 2.75) is 77.3 Å². The van der Waals surface area contributed by atoms with Crippen LogP contribution in [0.4, 0.5) is 4.79 Å². The molecule has 1 saturated heterocycles. The van der Waals surface area contributed by atoms with E-state index in [1.807, 2.05) is 43.9 Å². The number of ether oxygens (including phenoxy) is 2. The molecule has 1 fully saturated rings. The van der Waals surface area contributed by atoms with Gasteiger partial charge in [0, 0.05) is 24.6 Å². The Labute approximate surface area is 234 Å². The molecule has 1 aliphatic heterocycles. The standard InChI is InChI=1S/C28H37N3O6.CO2/c1-20(21-11-6-5-7-12-21)24-14-8-9-16-31(24)27(35)36-19-30-15-10-13-22(17-30)25(32)29-23(26(33)34)18-37-28(2,3)4;2-1-3/h5-7,10-13,15,17,20,23-24H,8-9,14,16,18-19H2,1-4H3,(H-,29,32,33,34);/p+1/t20-,23+,24?;/m1./s1. The number of benzene rings is 1. The molecule has 1 aromatic heterocycles. The Morgan fingerprint density at radius 1 is 1.12 bits per heavy atom. The van der Waals surface area contributed by atoms with Crippen LogP contribution in [0, 0.1) is 0 Å². The molecule has 1 unspecified atom stereocenters. The van der Waals surface area contributed by atoms with Crippen LogP contribution < -0.4 is 9.88 Å². The van der Waals surface area contributed by atoms with Crippen molar-refractivity contribution < 1.29 is 43.1 Å². The van der Waals surface area contributed by atoms with Crippen LogP contribution in [0.3, 0.4) is 0 Å². The Balaban J connectivity index is 0.00000178. The maximum atomic E-state index is 13.0. The number of amides is 2. The minimum absolute atomic E-state index is 0.0500. The second kappa shape index (κ2) is 15.5. The summed E-state index contributed by atoms with van der Waals surface area (Å²) in [6.07, 6.45) is 5.97. The summed E-state index contributed by atoms with van der Waals surface area (Å²) in [4.78, 5) is 55.4. The number of hydrogen-bond donors (Lipinski definition) is 2. The zero-order valence-corrected chi connectivity index (χ0v) is 23.4. The molecule has 1 aromatic carbocycles. The van der Waals surface area contributed by atoms with Crippen molar-refractivity contribution in [1.29, 1.82) is 0 Å². The average molecular weight is 557 g/mol. The molecule has 0 saturated carbocycles. The summed E-state index contributed by atoms with van der Waals surface area (Å²) < 4.78 is 12.7. The van der Waals surface area contributed by atoms with E-state index in [1.54, 1.807) is 22.9 Å². The van der Waals surface area contributed by atoms with Gasteiger partial charge in [-0.3, -0.25) is 4.79 Å². The van der Waals surface area contributed by atoms with Crippen LogP contribution in [0.2, 0.25) is 0 Å². The number of aliphatic carboxylic acids is 1. The van der Waals surface area contributed by atoms with Crippen LogP contribution in [-0.2, 0) is 30.6 Å². The van der Waals surface area contributed by atoms with E-state index in [1.165, 1.54) is 11.8 Å². The van der Waals surface area contributed by atoms with Gasteiger partial charge in [-0.15, -0.1) is 0 Å². The van der Waals surface area contributed by atoms with Crippen LogP contribution >= 0.6 is 0 Å². The largest absolute Gasteiger partial charge is 0.480 e. The number of rotatable bonds is 9. The summed E-state index contributed by atoms with van der Waals surface area (Å²) in [7, 11) is 0. The van der Waals surface area contributed by atoms with E-state index in [0.717, 1.165) is 19.3 Å². The van der Waals surface area contributed by atoms with Crippen molar-refractivity contribution in [2.24, 2.45) is 0 Å².